The highest BCUT2D eigenvalue weighted by atomic mass is 32.2. The SMILES string of the molecule is C[C@H](C(=O)NC[C@H]1CC=CCC1)N1CCSCC1. The fourth-order valence-corrected chi connectivity index (χ4v) is 3.50. The zero-order valence-electron chi connectivity index (χ0n) is 11.2. The summed E-state index contributed by atoms with van der Waals surface area (Å²) in [6.07, 6.45) is 7.98. The van der Waals surface area contributed by atoms with Crippen molar-refractivity contribution in [1.29, 1.82) is 0 Å². The highest BCUT2D eigenvalue weighted by Gasteiger charge is 2.23. The number of amides is 1. The van der Waals surface area contributed by atoms with Crippen LogP contribution in [0.25, 0.3) is 0 Å². The lowest BCUT2D eigenvalue weighted by Crippen LogP contribution is -2.49. The lowest BCUT2D eigenvalue weighted by atomic mass is 9.94. The molecule has 1 amide bonds. The standard InChI is InChI=1S/C14H24N2OS/c1-12(16-7-9-18-10-8-16)14(17)15-11-13-5-3-2-4-6-13/h2-3,12-13H,4-11H2,1H3,(H,15,17)/t12-,13+/m1/s1. The Morgan fingerprint density at radius 3 is 2.89 bits per heavy atom. The van der Waals surface area contributed by atoms with E-state index in [0.717, 1.165) is 37.6 Å². The molecule has 0 spiro atoms. The molecule has 3 nitrogen and oxygen atoms in total. The van der Waals surface area contributed by atoms with Crippen LogP contribution in [0.3, 0.4) is 0 Å². The van der Waals surface area contributed by atoms with E-state index in [1.54, 1.807) is 0 Å². The minimum atomic E-state index is 0.0324. The minimum Gasteiger partial charge on any atom is -0.354 e. The van der Waals surface area contributed by atoms with Gasteiger partial charge in [0.05, 0.1) is 6.04 Å². The Balaban J connectivity index is 1.71. The van der Waals surface area contributed by atoms with Gasteiger partial charge in [0.2, 0.25) is 5.91 Å². The molecule has 0 aromatic carbocycles. The highest BCUT2D eigenvalue weighted by molar-refractivity contribution is 7.99. The molecule has 102 valence electrons. The number of thioether (sulfide) groups is 1. The number of carbonyl (C=O) groups is 1. The summed E-state index contributed by atoms with van der Waals surface area (Å²) in [6.45, 7) is 4.97. The quantitative estimate of drug-likeness (QED) is 0.790. The molecule has 2 rings (SSSR count). The summed E-state index contributed by atoms with van der Waals surface area (Å²) >= 11 is 1.98. The van der Waals surface area contributed by atoms with E-state index in [2.05, 4.69) is 22.4 Å². The van der Waals surface area contributed by atoms with Crippen LogP contribution in [0.1, 0.15) is 26.2 Å². The van der Waals surface area contributed by atoms with Crippen LogP contribution in [0.15, 0.2) is 12.2 Å². The van der Waals surface area contributed by atoms with Crippen molar-refractivity contribution in [3.8, 4) is 0 Å². The zero-order valence-corrected chi connectivity index (χ0v) is 12.0. The van der Waals surface area contributed by atoms with Gasteiger partial charge in [-0.2, -0.15) is 11.8 Å². The molecule has 1 N–H and O–H groups in total. The van der Waals surface area contributed by atoms with E-state index in [1.165, 1.54) is 12.8 Å². The molecule has 1 fully saturated rings. The zero-order chi connectivity index (χ0) is 12.8. The largest absolute Gasteiger partial charge is 0.354 e. The molecule has 1 aliphatic heterocycles. The van der Waals surface area contributed by atoms with Crippen molar-refractivity contribution in [2.24, 2.45) is 5.92 Å². The van der Waals surface area contributed by atoms with Gasteiger partial charge in [-0.05, 0) is 32.1 Å². The first-order valence-corrected chi connectivity index (χ1v) is 8.17. The number of carbonyl (C=O) groups excluding carboxylic acids is 1. The first-order chi connectivity index (χ1) is 8.77. The first kappa shape index (κ1) is 13.9. The van der Waals surface area contributed by atoms with Crippen LogP contribution in [0, 0.1) is 5.92 Å². The van der Waals surface area contributed by atoms with Crippen LogP contribution in [0.5, 0.6) is 0 Å². The molecular formula is C14H24N2OS. The van der Waals surface area contributed by atoms with E-state index >= 15 is 0 Å². The summed E-state index contributed by atoms with van der Waals surface area (Å²) in [7, 11) is 0. The van der Waals surface area contributed by atoms with Crippen molar-refractivity contribution in [1.82, 2.24) is 10.2 Å². The predicted octanol–water partition coefficient (Wildman–Crippen LogP) is 1.90. The van der Waals surface area contributed by atoms with Gasteiger partial charge in [0, 0.05) is 31.1 Å². The summed E-state index contributed by atoms with van der Waals surface area (Å²) in [5, 5.41) is 3.13. The molecule has 0 saturated carbocycles. The van der Waals surface area contributed by atoms with Crippen LogP contribution in [-0.2, 0) is 4.79 Å². The van der Waals surface area contributed by atoms with Crippen LogP contribution in [-0.4, -0.2) is 48.0 Å². The van der Waals surface area contributed by atoms with Crippen molar-refractivity contribution in [3.05, 3.63) is 12.2 Å². The average Bonchev–Trinajstić information content (AvgIpc) is 2.46. The average molecular weight is 268 g/mol. The Morgan fingerprint density at radius 1 is 1.44 bits per heavy atom. The number of hydrogen-bond donors (Lipinski definition) is 1. The topological polar surface area (TPSA) is 32.3 Å². The second kappa shape index (κ2) is 7.19. The Bertz CT molecular complexity index is 300. The fraction of sp³-hybridized carbons (Fsp3) is 0.786. The first-order valence-electron chi connectivity index (χ1n) is 7.02. The molecule has 0 radical (unpaired) electrons. The van der Waals surface area contributed by atoms with Crippen molar-refractivity contribution < 1.29 is 4.79 Å². The van der Waals surface area contributed by atoms with Gasteiger partial charge in [-0.3, -0.25) is 9.69 Å². The highest BCUT2D eigenvalue weighted by Crippen LogP contribution is 2.17. The summed E-state index contributed by atoms with van der Waals surface area (Å²) in [6, 6.07) is 0.0324. The van der Waals surface area contributed by atoms with Crippen molar-refractivity contribution in [2.75, 3.05) is 31.1 Å². The molecular weight excluding hydrogens is 244 g/mol. The van der Waals surface area contributed by atoms with Crippen molar-refractivity contribution in [3.63, 3.8) is 0 Å². The molecule has 1 heterocycles. The van der Waals surface area contributed by atoms with Gasteiger partial charge in [-0.15, -0.1) is 0 Å². The number of rotatable bonds is 4. The van der Waals surface area contributed by atoms with Crippen molar-refractivity contribution >= 4 is 17.7 Å². The molecule has 1 saturated heterocycles. The second-order valence-corrected chi connectivity index (χ2v) is 6.44. The number of hydrogen-bond acceptors (Lipinski definition) is 3. The third-order valence-corrected chi connectivity index (χ3v) is 4.86. The summed E-state index contributed by atoms with van der Waals surface area (Å²) in [4.78, 5) is 14.4. The van der Waals surface area contributed by atoms with Crippen LogP contribution in [0.4, 0.5) is 0 Å². The van der Waals surface area contributed by atoms with Gasteiger partial charge in [-0.1, -0.05) is 12.2 Å². The Kier molecular flexibility index (Phi) is 5.57. The molecule has 0 unspecified atom stereocenters. The summed E-state index contributed by atoms with van der Waals surface area (Å²) in [5.41, 5.74) is 0. The van der Waals surface area contributed by atoms with E-state index < -0.39 is 0 Å². The van der Waals surface area contributed by atoms with Crippen LogP contribution in [0.2, 0.25) is 0 Å². The van der Waals surface area contributed by atoms with Gasteiger partial charge in [0.1, 0.15) is 0 Å². The number of nitrogens with zero attached hydrogens (tertiary/aromatic N) is 1. The summed E-state index contributed by atoms with van der Waals surface area (Å²) < 4.78 is 0. The minimum absolute atomic E-state index is 0.0324. The molecule has 1 aliphatic carbocycles. The van der Waals surface area contributed by atoms with E-state index in [0.29, 0.717) is 5.92 Å². The number of allylic oxidation sites excluding steroid dienone is 2. The third-order valence-electron chi connectivity index (χ3n) is 3.92. The van der Waals surface area contributed by atoms with Gasteiger partial charge < -0.3 is 5.32 Å². The molecule has 2 aliphatic rings. The van der Waals surface area contributed by atoms with Gasteiger partial charge in [0.15, 0.2) is 0 Å². The van der Waals surface area contributed by atoms with E-state index in [9.17, 15) is 4.79 Å². The van der Waals surface area contributed by atoms with Gasteiger partial charge in [0.25, 0.3) is 0 Å². The Hall–Kier alpha value is -0.480. The Morgan fingerprint density at radius 2 is 2.22 bits per heavy atom. The molecule has 18 heavy (non-hydrogen) atoms. The monoisotopic (exact) mass is 268 g/mol. The van der Waals surface area contributed by atoms with E-state index in [4.69, 9.17) is 0 Å². The predicted molar refractivity (Wildman–Crippen MR) is 77.9 cm³/mol. The van der Waals surface area contributed by atoms with Crippen molar-refractivity contribution in [2.45, 2.75) is 32.2 Å². The third kappa shape index (κ3) is 4.02. The molecule has 4 heteroatoms. The molecule has 0 bridgehead atoms. The molecule has 0 aromatic rings. The lowest BCUT2D eigenvalue weighted by Gasteiger charge is -2.31. The second-order valence-electron chi connectivity index (χ2n) is 5.22. The number of nitrogens with one attached hydrogen (secondary N) is 1. The maximum absolute atomic E-state index is 12.1. The van der Waals surface area contributed by atoms with Crippen LogP contribution >= 0.6 is 11.8 Å². The maximum atomic E-state index is 12.1. The lowest BCUT2D eigenvalue weighted by molar-refractivity contribution is -0.126. The van der Waals surface area contributed by atoms with Gasteiger partial charge >= 0.3 is 0 Å². The maximum Gasteiger partial charge on any atom is 0.237 e. The fourth-order valence-electron chi connectivity index (χ4n) is 2.56. The smallest absolute Gasteiger partial charge is 0.237 e. The molecule has 2 atom stereocenters. The van der Waals surface area contributed by atoms with Crippen LogP contribution < -0.4 is 5.32 Å². The van der Waals surface area contributed by atoms with Gasteiger partial charge in [-0.25, -0.2) is 0 Å². The van der Waals surface area contributed by atoms with E-state index in [1.807, 2.05) is 18.7 Å². The Labute approximate surface area is 114 Å². The normalized spacial score (nSPS) is 26.8. The summed E-state index contributed by atoms with van der Waals surface area (Å²) in [5.74, 6) is 3.16. The molecule has 0 aromatic heterocycles. The van der Waals surface area contributed by atoms with E-state index in [-0.39, 0.29) is 11.9 Å².